The number of amidine groups is 1. The molecule has 2 saturated heterocycles. The first-order valence-electron chi connectivity index (χ1n) is 8.45. The van der Waals surface area contributed by atoms with Gasteiger partial charge in [-0.2, -0.15) is 0 Å². The van der Waals surface area contributed by atoms with Gasteiger partial charge in [-0.05, 0) is 33.6 Å². The largest absolute Gasteiger partial charge is 0.382 e. The second-order valence-electron chi connectivity index (χ2n) is 7.40. The molecule has 4 heterocycles. The number of aromatic nitrogens is 2. The predicted octanol–water partition coefficient (Wildman–Crippen LogP) is 0.885. The number of imidazole rings is 1. The number of hydrogen-bond acceptors (Lipinski definition) is 6. The summed E-state index contributed by atoms with van der Waals surface area (Å²) in [7, 11) is 0. The molecule has 0 spiro atoms. The van der Waals surface area contributed by atoms with E-state index in [1.54, 1.807) is 0 Å². The summed E-state index contributed by atoms with van der Waals surface area (Å²) < 4.78 is 14.4. The molecular formula is C17H25N5O2. The summed E-state index contributed by atoms with van der Waals surface area (Å²) in [6.45, 7) is 7.27. The Morgan fingerprint density at radius 1 is 1.21 bits per heavy atom. The molecule has 0 unspecified atom stereocenters. The van der Waals surface area contributed by atoms with Crippen LogP contribution >= 0.6 is 0 Å². The van der Waals surface area contributed by atoms with Crippen LogP contribution in [0.4, 0.5) is 0 Å². The van der Waals surface area contributed by atoms with Gasteiger partial charge in [-0.1, -0.05) is 5.57 Å². The number of nitrogens with zero attached hydrogens (tertiary/aromatic N) is 3. The summed E-state index contributed by atoms with van der Waals surface area (Å²) in [6, 6.07) is -0.113. The number of ether oxygens (including phenoxy) is 2. The maximum absolute atomic E-state index is 6.26. The van der Waals surface area contributed by atoms with Gasteiger partial charge in [0.2, 0.25) is 0 Å². The summed E-state index contributed by atoms with van der Waals surface area (Å²) >= 11 is 0. The molecular weight excluding hydrogens is 306 g/mol. The SMILES string of the molecule is C/C1=C\N=C(N)c2ncn([C@H]3CO[C@]4(C)[C@H](N)CO[C@]34C)c2CC1. The van der Waals surface area contributed by atoms with E-state index in [4.69, 9.17) is 20.9 Å². The van der Waals surface area contributed by atoms with E-state index in [1.807, 2.05) is 19.5 Å². The number of aliphatic imine (C=N–C) groups is 1. The van der Waals surface area contributed by atoms with E-state index in [2.05, 4.69) is 28.4 Å². The number of hydrogen-bond donors (Lipinski definition) is 2. The lowest BCUT2D eigenvalue weighted by Gasteiger charge is -2.37. The van der Waals surface area contributed by atoms with Crippen LogP contribution in [0, 0.1) is 0 Å². The van der Waals surface area contributed by atoms with Gasteiger partial charge in [0.1, 0.15) is 16.9 Å². The molecule has 130 valence electrons. The topological polar surface area (TPSA) is 101 Å². The maximum atomic E-state index is 6.26. The van der Waals surface area contributed by atoms with Gasteiger partial charge >= 0.3 is 0 Å². The van der Waals surface area contributed by atoms with Gasteiger partial charge < -0.3 is 25.5 Å². The van der Waals surface area contributed by atoms with Crippen molar-refractivity contribution in [3.63, 3.8) is 0 Å². The molecule has 0 amide bonds. The van der Waals surface area contributed by atoms with E-state index < -0.39 is 11.2 Å². The molecule has 4 N–H and O–H groups in total. The van der Waals surface area contributed by atoms with Gasteiger partial charge in [0.15, 0.2) is 5.84 Å². The Morgan fingerprint density at radius 2 is 1.96 bits per heavy atom. The lowest BCUT2D eigenvalue weighted by molar-refractivity contribution is -0.0762. The fourth-order valence-corrected chi connectivity index (χ4v) is 4.10. The van der Waals surface area contributed by atoms with Crippen LogP contribution < -0.4 is 11.5 Å². The molecule has 0 aliphatic carbocycles. The Labute approximate surface area is 141 Å². The average molecular weight is 331 g/mol. The molecule has 0 aromatic carbocycles. The molecule has 4 rings (SSSR count). The molecule has 3 aliphatic heterocycles. The Hall–Kier alpha value is -1.70. The molecule has 24 heavy (non-hydrogen) atoms. The average Bonchev–Trinajstić information content (AvgIpc) is 3.13. The number of fused-ring (bicyclic) bond motifs is 2. The molecule has 0 bridgehead atoms. The van der Waals surface area contributed by atoms with E-state index in [-0.39, 0.29) is 12.1 Å². The second kappa shape index (κ2) is 5.15. The zero-order valence-corrected chi connectivity index (χ0v) is 14.5. The van der Waals surface area contributed by atoms with Crippen LogP contribution in [0.3, 0.4) is 0 Å². The molecule has 1 aromatic heterocycles. The fourth-order valence-electron chi connectivity index (χ4n) is 4.10. The third-order valence-corrected chi connectivity index (χ3v) is 6.09. The Balaban J connectivity index is 1.77. The van der Waals surface area contributed by atoms with Crippen molar-refractivity contribution in [3.05, 3.63) is 29.5 Å². The highest BCUT2D eigenvalue weighted by molar-refractivity contribution is 5.97. The van der Waals surface area contributed by atoms with Crippen molar-refractivity contribution in [2.75, 3.05) is 13.2 Å². The van der Waals surface area contributed by atoms with Gasteiger partial charge in [-0.25, -0.2) is 9.98 Å². The Kier molecular flexibility index (Phi) is 3.39. The van der Waals surface area contributed by atoms with Crippen molar-refractivity contribution in [2.45, 2.75) is 56.9 Å². The Morgan fingerprint density at radius 3 is 2.75 bits per heavy atom. The van der Waals surface area contributed by atoms with Crippen LogP contribution in [0.25, 0.3) is 0 Å². The Bertz CT molecular complexity index is 739. The van der Waals surface area contributed by atoms with Gasteiger partial charge in [0, 0.05) is 11.9 Å². The molecule has 0 radical (unpaired) electrons. The molecule has 1 aromatic rings. The molecule has 7 nitrogen and oxygen atoms in total. The van der Waals surface area contributed by atoms with Crippen LogP contribution in [0.2, 0.25) is 0 Å². The smallest absolute Gasteiger partial charge is 0.151 e. The van der Waals surface area contributed by atoms with Crippen LogP contribution in [-0.2, 0) is 15.9 Å². The first-order valence-corrected chi connectivity index (χ1v) is 8.45. The number of allylic oxidation sites excluding steroid dienone is 1. The fraction of sp³-hybridized carbons (Fsp3) is 0.647. The number of rotatable bonds is 1. The highest BCUT2D eigenvalue weighted by Crippen LogP contribution is 2.51. The zero-order valence-electron chi connectivity index (χ0n) is 14.5. The van der Waals surface area contributed by atoms with E-state index in [0.717, 1.165) is 24.2 Å². The highest BCUT2D eigenvalue weighted by atomic mass is 16.6. The number of nitrogens with two attached hydrogens (primary N) is 2. The van der Waals surface area contributed by atoms with Crippen molar-refractivity contribution in [1.29, 1.82) is 0 Å². The molecule has 4 atom stereocenters. The van der Waals surface area contributed by atoms with E-state index >= 15 is 0 Å². The van der Waals surface area contributed by atoms with E-state index in [9.17, 15) is 0 Å². The summed E-state index contributed by atoms with van der Waals surface area (Å²) in [4.78, 5) is 8.86. The van der Waals surface area contributed by atoms with Crippen LogP contribution in [0.1, 0.15) is 44.6 Å². The van der Waals surface area contributed by atoms with Gasteiger partial charge in [0.25, 0.3) is 0 Å². The molecule has 7 heteroatoms. The standard InChI is InChI=1S/C17H25N5O2/c1-10-4-5-11-14(15(19)20-6-10)21-9-22(11)13-8-24-16(2)12(18)7-23-17(13,16)3/h6,9,12-13H,4-5,7-8,18H2,1-3H3,(H2,19,20)/b10-6+/t12-,13+,16-,17-/m1/s1. The van der Waals surface area contributed by atoms with Crippen LogP contribution in [-0.4, -0.2) is 45.8 Å². The summed E-state index contributed by atoms with van der Waals surface area (Å²) in [5.74, 6) is 0.457. The normalized spacial score (nSPS) is 41.0. The van der Waals surface area contributed by atoms with Crippen LogP contribution in [0.15, 0.2) is 23.1 Å². The second-order valence-corrected chi connectivity index (χ2v) is 7.40. The lowest BCUT2D eigenvalue weighted by Crippen LogP contribution is -2.54. The molecule has 3 aliphatic rings. The molecule has 2 fully saturated rings. The van der Waals surface area contributed by atoms with Gasteiger partial charge in [-0.3, -0.25) is 0 Å². The van der Waals surface area contributed by atoms with Crippen molar-refractivity contribution < 1.29 is 9.47 Å². The minimum Gasteiger partial charge on any atom is -0.382 e. The quantitative estimate of drug-likeness (QED) is 0.796. The van der Waals surface area contributed by atoms with E-state index in [1.165, 1.54) is 5.57 Å². The summed E-state index contributed by atoms with van der Waals surface area (Å²) in [6.07, 6.45) is 5.46. The molecule has 0 saturated carbocycles. The van der Waals surface area contributed by atoms with E-state index in [0.29, 0.717) is 19.0 Å². The lowest BCUT2D eigenvalue weighted by atomic mass is 9.80. The minimum absolute atomic E-state index is 0.0174. The van der Waals surface area contributed by atoms with Crippen molar-refractivity contribution >= 4 is 5.84 Å². The first kappa shape index (κ1) is 15.8. The van der Waals surface area contributed by atoms with Gasteiger partial charge in [0.05, 0.1) is 31.6 Å². The third kappa shape index (κ3) is 1.95. The monoisotopic (exact) mass is 331 g/mol. The summed E-state index contributed by atoms with van der Waals surface area (Å²) in [5, 5.41) is 0. The third-order valence-electron chi connectivity index (χ3n) is 6.09. The minimum atomic E-state index is -0.494. The predicted molar refractivity (Wildman–Crippen MR) is 90.8 cm³/mol. The van der Waals surface area contributed by atoms with Gasteiger partial charge in [-0.15, -0.1) is 0 Å². The zero-order chi connectivity index (χ0) is 17.1. The van der Waals surface area contributed by atoms with Crippen LogP contribution in [0.5, 0.6) is 0 Å². The first-order chi connectivity index (χ1) is 11.4. The maximum Gasteiger partial charge on any atom is 0.151 e. The van der Waals surface area contributed by atoms with Crippen molar-refractivity contribution in [3.8, 4) is 0 Å². The van der Waals surface area contributed by atoms with Crippen molar-refractivity contribution in [2.24, 2.45) is 16.5 Å². The highest BCUT2D eigenvalue weighted by Gasteiger charge is 2.65. The summed E-state index contributed by atoms with van der Waals surface area (Å²) in [5.41, 5.74) is 14.5. The van der Waals surface area contributed by atoms with Crippen molar-refractivity contribution in [1.82, 2.24) is 9.55 Å².